The van der Waals surface area contributed by atoms with Crippen LogP contribution in [0.2, 0.25) is 0 Å². The van der Waals surface area contributed by atoms with Crippen LogP contribution in [0.1, 0.15) is 25.7 Å². The van der Waals surface area contributed by atoms with Gasteiger partial charge in [-0.2, -0.15) is 0 Å². The van der Waals surface area contributed by atoms with Crippen molar-refractivity contribution in [3.63, 3.8) is 0 Å². The molecule has 0 radical (unpaired) electrons. The molecule has 0 aromatic carbocycles. The number of allylic oxidation sites excluding steroid dienone is 2. The fraction of sp³-hybridized carbons (Fsp3) is 0.667. The summed E-state index contributed by atoms with van der Waals surface area (Å²) in [6.07, 6.45) is 7.66. The molecule has 0 aliphatic heterocycles. The molecule has 0 fully saturated rings. The number of hydrogen-bond donors (Lipinski definition) is 0. The topological polar surface area (TPSA) is 23.1 Å². The zero-order valence-electron chi connectivity index (χ0n) is 8.21. The van der Waals surface area contributed by atoms with Gasteiger partial charge in [0.2, 0.25) is 0 Å². The first-order valence-corrected chi connectivity index (χ1v) is 5.80. The van der Waals surface area contributed by atoms with Crippen molar-refractivity contribution in [2.75, 3.05) is 6.26 Å². The Morgan fingerprint density at radius 1 is 1.77 bits per heavy atom. The molecule has 0 N–H and O–H groups in total. The first-order chi connectivity index (χ1) is 5.72. The summed E-state index contributed by atoms with van der Waals surface area (Å²) in [6, 6.07) is 0. The minimum atomic E-state index is 0. The number of thioether (sulfide) groups is 1. The van der Waals surface area contributed by atoms with E-state index in [1.54, 1.807) is 11.8 Å². The minimum absolute atomic E-state index is 0. The Kier molecular flexibility index (Phi) is 7.26. The van der Waals surface area contributed by atoms with Gasteiger partial charge >= 0.3 is 18.9 Å². The van der Waals surface area contributed by atoms with Crippen molar-refractivity contribution in [1.82, 2.24) is 0 Å². The zero-order chi connectivity index (χ0) is 8.97. The molecule has 0 spiro atoms. The maximum absolute atomic E-state index is 11.0. The van der Waals surface area contributed by atoms with Crippen molar-refractivity contribution in [2.45, 2.75) is 25.7 Å². The van der Waals surface area contributed by atoms with E-state index in [1.807, 2.05) is 12.3 Å². The molecular formula is C9H13LiOS2. The minimum Gasteiger partial charge on any atom is -0.876 e. The van der Waals surface area contributed by atoms with Crippen LogP contribution in [0.4, 0.5) is 0 Å². The van der Waals surface area contributed by atoms with Crippen LogP contribution in [-0.2, 0) is 0 Å². The van der Waals surface area contributed by atoms with Gasteiger partial charge in [0.15, 0.2) is 0 Å². The Hall–Kier alpha value is 0.577. The summed E-state index contributed by atoms with van der Waals surface area (Å²) in [5.74, 6) is 0.723. The Balaban J connectivity index is 0.00000144. The summed E-state index contributed by atoms with van der Waals surface area (Å²) in [6.45, 7) is 0. The molecule has 1 aliphatic rings. The van der Waals surface area contributed by atoms with Gasteiger partial charge in [-0.1, -0.05) is 18.3 Å². The van der Waals surface area contributed by atoms with Gasteiger partial charge < -0.3 is 5.11 Å². The summed E-state index contributed by atoms with van der Waals surface area (Å²) >= 11 is 6.73. The van der Waals surface area contributed by atoms with E-state index in [2.05, 4.69) is 0 Å². The standard InChI is InChI=1S/C9H14OS2.Li/c1-12-9(11)6-7-3-2-4-8(10)5-7;/h5,7,10H,2-4,6H2,1H3;/q;+1/p-1. The van der Waals surface area contributed by atoms with Gasteiger partial charge in [0.05, 0.1) is 0 Å². The van der Waals surface area contributed by atoms with Crippen LogP contribution in [0.5, 0.6) is 0 Å². The molecule has 1 aliphatic carbocycles. The summed E-state index contributed by atoms with van der Waals surface area (Å²) in [4.78, 5) is 0. The van der Waals surface area contributed by atoms with E-state index in [0.717, 1.165) is 29.9 Å². The molecule has 1 atom stereocenters. The Morgan fingerprint density at radius 2 is 2.46 bits per heavy atom. The van der Waals surface area contributed by atoms with Crippen molar-refractivity contribution < 1.29 is 24.0 Å². The molecule has 0 saturated heterocycles. The average molecular weight is 208 g/mol. The molecule has 68 valence electrons. The third-order valence-electron chi connectivity index (χ3n) is 2.08. The Bertz CT molecular complexity index is 204. The molecule has 1 unspecified atom stereocenters. The zero-order valence-corrected chi connectivity index (χ0v) is 9.84. The van der Waals surface area contributed by atoms with Crippen LogP contribution in [-0.4, -0.2) is 10.5 Å². The summed E-state index contributed by atoms with van der Waals surface area (Å²) in [5, 5.41) is 11.0. The number of rotatable bonds is 2. The average Bonchev–Trinajstić information content (AvgIpc) is 2.04. The van der Waals surface area contributed by atoms with Crippen molar-refractivity contribution >= 4 is 28.2 Å². The molecule has 0 aromatic rings. The molecule has 0 saturated carbocycles. The van der Waals surface area contributed by atoms with Gasteiger partial charge in [-0.05, 0) is 37.9 Å². The summed E-state index contributed by atoms with van der Waals surface area (Å²) in [5.41, 5.74) is 0. The monoisotopic (exact) mass is 208 g/mol. The van der Waals surface area contributed by atoms with E-state index in [0.29, 0.717) is 11.7 Å². The number of thiocarbonyl (C=S) groups is 1. The van der Waals surface area contributed by atoms with Gasteiger partial charge in [-0.3, -0.25) is 0 Å². The van der Waals surface area contributed by atoms with E-state index in [9.17, 15) is 5.11 Å². The van der Waals surface area contributed by atoms with Gasteiger partial charge in [-0.15, -0.1) is 17.5 Å². The van der Waals surface area contributed by atoms with Gasteiger partial charge in [-0.25, -0.2) is 0 Å². The van der Waals surface area contributed by atoms with E-state index >= 15 is 0 Å². The summed E-state index contributed by atoms with van der Waals surface area (Å²) in [7, 11) is 0. The van der Waals surface area contributed by atoms with Crippen LogP contribution in [0, 0.1) is 5.92 Å². The van der Waals surface area contributed by atoms with Crippen molar-refractivity contribution in [1.29, 1.82) is 0 Å². The molecule has 0 aromatic heterocycles. The maximum atomic E-state index is 11.0. The SMILES string of the molecule is CSC(=S)CC1C=C([O-])CCC1.[Li+]. The summed E-state index contributed by atoms with van der Waals surface area (Å²) < 4.78 is 1.02. The Labute approximate surface area is 102 Å². The molecule has 1 nitrogen and oxygen atoms in total. The molecular weight excluding hydrogens is 195 g/mol. The Morgan fingerprint density at radius 3 is 3.00 bits per heavy atom. The van der Waals surface area contributed by atoms with Crippen molar-refractivity contribution in [3.05, 3.63) is 11.8 Å². The fourth-order valence-corrected chi connectivity index (χ4v) is 2.02. The predicted molar refractivity (Wildman–Crippen MR) is 56.2 cm³/mol. The molecule has 0 heterocycles. The second kappa shape index (κ2) is 6.95. The van der Waals surface area contributed by atoms with Crippen LogP contribution in [0.25, 0.3) is 0 Å². The molecule has 1 rings (SSSR count). The van der Waals surface area contributed by atoms with Crippen LogP contribution < -0.4 is 24.0 Å². The van der Waals surface area contributed by atoms with E-state index in [1.165, 1.54) is 0 Å². The molecule has 13 heavy (non-hydrogen) atoms. The normalized spacial score (nSPS) is 21.6. The van der Waals surface area contributed by atoms with Gasteiger partial charge in [0.25, 0.3) is 0 Å². The van der Waals surface area contributed by atoms with Crippen LogP contribution >= 0.6 is 24.0 Å². The maximum Gasteiger partial charge on any atom is 1.00 e. The third kappa shape index (κ3) is 5.12. The van der Waals surface area contributed by atoms with Crippen LogP contribution in [0.15, 0.2) is 11.8 Å². The van der Waals surface area contributed by atoms with Crippen molar-refractivity contribution in [3.8, 4) is 0 Å². The van der Waals surface area contributed by atoms with Crippen molar-refractivity contribution in [2.24, 2.45) is 5.92 Å². The molecule has 0 bridgehead atoms. The first kappa shape index (κ1) is 13.6. The number of hydrogen-bond acceptors (Lipinski definition) is 3. The van der Waals surface area contributed by atoms with Crippen LogP contribution in [0.3, 0.4) is 0 Å². The van der Waals surface area contributed by atoms with Gasteiger partial charge in [0, 0.05) is 4.20 Å². The quantitative estimate of drug-likeness (QED) is 0.434. The second-order valence-electron chi connectivity index (χ2n) is 3.07. The predicted octanol–water partition coefficient (Wildman–Crippen LogP) is -0.885. The van der Waals surface area contributed by atoms with E-state index < -0.39 is 0 Å². The fourth-order valence-electron chi connectivity index (χ4n) is 1.43. The second-order valence-corrected chi connectivity index (χ2v) is 4.72. The first-order valence-electron chi connectivity index (χ1n) is 4.17. The van der Waals surface area contributed by atoms with E-state index in [4.69, 9.17) is 12.2 Å². The van der Waals surface area contributed by atoms with Gasteiger partial charge in [0.1, 0.15) is 0 Å². The largest absolute Gasteiger partial charge is 1.00 e. The third-order valence-corrected chi connectivity index (χ3v) is 3.36. The molecule has 4 heteroatoms. The smallest absolute Gasteiger partial charge is 0.876 e. The molecule has 0 amide bonds. The van der Waals surface area contributed by atoms with E-state index in [-0.39, 0.29) is 18.9 Å².